The van der Waals surface area contributed by atoms with Crippen molar-refractivity contribution in [3.63, 3.8) is 0 Å². The highest BCUT2D eigenvalue weighted by molar-refractivity contribution is 5.91. The summed E-state index contributed by atoms with van der Waals surface area (Å²) in [6, 6.07) is 6.67. The Hall–Kier alpha value is -2.70. The molecule has 0 fully saturated rings. The molecule has 1 aromatic carbocycles. The monoisotopic (exact) mass is 320 g/mol. The lowest BCUT2D eigenvalue weighted by Gasteiger charge is -2.17. The molecule has 23 heavy (non-hydrogen) atoms. The fourth-order valence-electron chi connectivity index (χ4n) is 2.00. The van der Waals surface area contributed by atoms with Gasteiger partial charge in [0.2, 0.25) is 5.88 Å². The average molecular weight is 320 g/mol. The zero-order valence-corrected chi connectivity index (χ0v) is 13.4. The number of esters is 1. The van der Waals surface area contributed by atoms with Crippen molar-refractivity contribution >= 4 is 5.97 Å². The van der Waals surface area contributed by atoms with Crippen LogP contribution in [0.25, 0.3) is 0 Å². The molecule has 1 aromatic heterocycles. The second-order valence-corrected chi connectivity index (χ2v) is 5.03. The summed E-state index contributed by atoms with van der Waals surface area (Å²) in [5.41, 5.74) is 0.959. The third-order valence-corrected chi connectivity index (χ3v) is 2.91. The van der Waals surface area contributed by atoms with Gasteiger partial charge >= 0.3 is 5.97 Å². The van der Waals surface area contributed by atoms with E-state index >= 15 is 0 Å². The van der Waals surface area contributed by atoms with E-state index in [1.165, 1.54) is 12.3 Å². The van der Waals surface area contributed by atoms with Gasteiger partial charge in [-0.25, -0.2) is 4.79 Å². The summed E-state index contributed by atoms with van der Waals surface area (Å²) in [7, 11) is 0. The standard InChI is InChI=1S/C16H20N2O5/c1-4-21-16(19)12-6-5-7-14(23-11(2)3)13(12)10-22-15-8-9-18(20)17-15/h5-9,11,20H,4,10H2,1-3H3. The van der Waals surface area contributed by atoms with E-state index < -0.39 is 5.97 Å². The number of carbonyl (C=O) groups excluding carboxylic acids is 1. The van der Waals surface area contributed by atoms with Gasteiger partial charge in [0.15, 0.2) is 0 Å². The summed E-state index contributed by atoms with van der Waals surface area (Å²) in [6.45, 7) is 5.89. The van der Waals surface area contributed by atoms with E-state index in [0.29, 0.717) is 21.7 Å². The van der Waals surface area contributed by atoms with Gasteiger partial charge in [0.25, 0.3) is 0 Å². The highest BCUT2D eigenvalue weighted by atomic mass is 16.5. The first-order chi connectivity index (χ1) is 11.0. The largest absolute Gasteiger partial charge is 0.491 e. The van der Waals surface area contributed by atoms with Gasteiger partial charge in [0, 0.05) is 11.6 Å². The van der Waals surface area contributed by atoms with Crippen molar-refractivity contribution in [2.45, 2.75) is 33.5 Å². The van der Waals surface area contributed by atoms with E-state index in [-0.39, 0.29) is 25.2 Å². The first kappa shape index (κ1) is 16.7. The Morgan fingerprint density at radius 2 is 2.13 bits per heavy atom. The molecule has 0 aliphatic carbocycles. The van der Waals surface area contributed by atoms with Gasteiger partial charge in [0.05, 0.1) is 24.5 Å². The lowest BCUT2D eigenvalue weighted by atomic mass is 10.1. The summed E-state index contributed by atoms with van der Waals surface area (Å²) < 4.78 is 16.3. The number of aromatic nitrogens is 2. The summed E-state index contributed by atoms with van der Waals surface area (Å²) >= 11 is 0. The van der Waals surface area contributed by atoms with E-state index in [4.69, 9.17) is 19.4 Å². The fraction of sp³-hybridized carbons (Fsp3) is 0.375. The highest BCUT2D eigenvalue weighted by Gasteiger charge is 2.18. The maximum Gasteiger partial charge on any atom is 0.338 e. The third-order valence-electron chi connectivity index (χ3n) is 2.91. The molecule has 124 valence electrons. The van der Waals surface area contributed by atoms with Gasteiger partial charge in [-0.2, -0.15) is 0 Å². The summed E-state index contributed by atoms with van der Waals surface area (Å²) in [5, 5.41) is 12.9. The highest BCUT2D eigenvalue weighted by Crippen LogP contribution is 2.26. The molecule has 0 saturated heterocycles. The number of hydrogen-bond acceptors (Lipinski definition) is 6. The van der Waals surface area contributed by atoms with Crippen molar-refractivity contribution in [1.82, 2.24) is 9.94 Å². The fourth-order valence-corrected chi connectivity index (χ4v) is 2.00. The van der Waals surface area contributed by atoms with Crippen LogP contribution >= 0.6 is 0 Å². The Morgan fingerprint density at radius 3 is 2.74 bits per heavy atom. The molecular weight excluding hydrogens is 300 g/mol. The molecule has 0 spiro atoms. The van der Waals surface area contributed by atoms with E-state index in [2.05, 4.69) is 5.10 Å². The molecule has 1 N–H and O–H groups in total. The molecule has 7 heteroatoms. The molecule has 0 aliphatic heterocycles. The topological polar surface area (TPSA) is 82.8 Å². The van der Waals surface area contributed by atoms with Gasteiger partial charge in [-0.1, -0.05) is 11.2 Å². The second kappa shape index (κ2) is 7.53. The van der Waals surface area contributed by atoms with Crippen molar-refractivity contribution in [3.05, 3.63) is 41.6 Å². The van der Waals surface area contributed by atoms with Crippen LogP contribution in [-0.2, 0) is 11.3 Å². The van der Waals surface area contributed by atoms with E-state index in [0.717, 1.165) is 0 Å². The molecule has 0 atom stereocenters. The molecule has 0 aliphatic rings. The number of nitrogens with zero attached hydrogens (tertiary/aromatic N) is 2. The molecular formula is C16H20N2O5. The Bertz CT molecular complexity index is 666. The Kier molecular flexibility index (Phi) is 5.46. The Balaban J connectivity index is 2.29. The van der Waals surface area contributed by atoms with Crippen molar-refractivity contribution in [1.29, 1.82) is 0 Å². The average Bonchev–Trinajstić information content (AvgIpc) is 2.91. The minimum atomic E-state index is -0.437. The van der Waals surface area contributed by atoms with Gasteiger partial charge < -0.3 is 19.4 Å². The first-order valence-corrected chi connectivity index (χ1v) is 7.34. The van der Waals surface area contributed by atoms with Crippen LogP contribution in [0.3, 0.4) is 0 Å². The van der Waals surface area contributed by atoms with Crippen LogP contribution in [0, 0.1) is 0 Å². The van der Waals surface area contributed by atoms with E-state index in [1.807, 2.05) is 13.8 Å². The predicted octanol–water partition coefficient (Wildman–Crippen LogP) is 2.66. The van der Waals surface area contributed by atoms with Crippen molar-refractivity contribution in [2.75, 3.05) is 6.61 Å². The number of rotatable bonds is 7. The van der Waals surface area contributed by atoms with Crippen molar-refractivity contribution in [2.24, 2.45) is 0 Å². The van der Waals surface area contributed by atoms with E-state index in [9.17, 15) is 4.79 Å². The Morgan fingerprint density at radius 1 is 1.35 bits per heavy atom. The van der Waals surface area contributed by atoms with Crippen LogP contribution in [-0.4, -0.2) is 33.8 Å². The smallest absolute Gasteiger partial charge is 0.338 e. The number of ether oxygens (including phenoxy) is 3. The van der Waals surface area contributed by atoms with Gasteiger partial charge in [-0.3, -0.25) is 0 Å². The van der Waals surface area contributed by atoms with Crippen LogP contribution in [0.2, 0.25) is 0 Å². The van der Waals surface area contributed by atoms with Gasteiger partial charge in [0.1, 0.15) is 12.4 Å². The number of carbonyl (C=O) groups is 1. The van der Waals surface area contributed by atoms with Crippen LogP contribution < -0.4 is 9.47 Å². The lowest BCUT2D eigenvalue weighted by Crippen LogP contribution is -2.14. The predicted molar refractivity (Wildman–Crippen MR) is 81.9 cm³/mol. The summed E-state index contributed by atoms with van der Waals surface area (Å²) in [4.78, 5) is 12.8. The molecule has 0 bridgehead atoms. The van der Waals surface area contributed by atoms with Crippen LogP contribution in [0.4, 0.5) is 0 Å². The van der Waals surface area contributed by atoms with E-state index in [1.54, 1.807) is 25.1 Å². The zero-order valence-electron chi connectivity index (χ0n) is 13.4. The molecule has 7 nitrogen and oxygen atoms in total. The molecule has 0 saturated carbocycles. The summed E-state index contributed by atoms with van der Waals surface area (Å²) in [6.07, 6.45) is 1.29. The van der Waals surface area contributed by atoms with Crippen LogP contribution in [0.15, 0.2) is 30.5 Å². The molecule has 2 aromatic rings. The molecule has 1 heterocycles. The Labute approximate surface area is 134 Å². The molecule has 0 amide bonds. The SMILES string of the molecule is CCOC(=O)c1cccc(OC(C)C)c1COc1ccn(O)n1. The summed E-state index contributed by atoms with van der Waals surface area (Å²) in [5.74, 6) is 0.351. The first-order valence-electron chi connectivity index (χ1n) is 7.34. The molecule has 0 unspecified atom stereocenters. The van der Waals surface area contributed by atoms with Gasteiger partial charge in [-0.15, -0.1) is 4.85 Å². The molecule has 0 radical (unpaired) electrons. The lowest BCUT2D eigenvalue weighted by molar-refractivity contribution is 0.0521. The minimum absolute atomic E-state index is 0.0529. The molecule has 2 rings (SSSR count). The quantitative estimate of drug-likeness (QED) is 0.624. The number of hydrogen-bond donors (Lipinski definition) is 1. The van der Waals surface area contributed by atoms with Crippen LogP contribution in [0.5, 0.6) is 11.6 Å². The van der Waals surface area contributed by atoms with Crippen molar-refractivity contribution in [3.8, 4) is 11.6 Å². The van der Waals surface area contributed by atoms with Crippen molar-refractivity contribution < 1.29 is 24.2 Å². The second-order valence-electron chi connectivity index (χ2n) is 5.03. The van der Waals surface area contributed by atoms with Gasteiger partial charge in [-0.05, 0) is 32.9 Å². The minimum Gasteiger partial charge on any atom is -0.491 e. The third kappa shape index (κ3) is 4.38. The zero-order chi connectivity index (χ0) is 16.8. The van der Waals surface area contributed by atoms with Crippen LogP contribution in [0.1, 0.15) is 36.7 Å². The number of benzene rings is 1. The normalized spacial score (nSPS) is 10.6. The maximum absolute atomic E-state index is 12.1. The maximum atomic E-state index is 12.1.